The van der Waals surface area contributed by atoms with Crippen LogP contribution in [0.2, 0.25) is 0 Å². The van der Waals surface area contributed by atoms with E-state index in [1.54, 1.807) is 30.6 Å². The minimum atomic E-state index is -0.421. The maximum absolute atomic E-state index is 13.3. The fourth-order valence-corrected chi connectivity index (χ4v) is 4.86. The predicted molar refractivity (Wildman–Crippen MR) is 138 cm³/mol. The highest BCUT2D eigenvalue weighted by Crippen LogP contribution is 2.27. The van der Waals surface area contributed by atoms with Gasteiger partial charge < -0.3 is 9.47 Å². The fourth-order valence-electron chi connectivity index (χ4n) is 4.86. The van der Waals surface area contributed by atoms with Crippen molar-refractivity contribution in [3.63, 3.8) is 0 Å². The van der Waals surface area contributed by atoms with E-state index in [0.29, 0.717) is 19.0 Å². The van der Waals surface area contributed by atoms with Crippen LogP contribution >= 0.6 is 0 Å². The third kappa shape index (κ3) is 4.88. The number of fused-ring (bicyclic) bond motifs is 1. The molecule has 1 saturated heterocycles. The van der Waals surface area contributed by atoms with E-state index < -0.39 is 4.92 Å². The third-order valence-corrected chi connectivity index (χ3v) is 6.85. The van der Waals surface area contributed by atoms with E-state index in [9.17, 15) is 14.9 Å². The zero-order valence-corrected chi connectivity index (χ0v) is 20.1. The second-order valence-corrected chi connectivity index (χ2v) is 9.13. The number of nitro groups is 1. The predicted octanol–water partition coefficient (Wildman–Crippen LogP) is 5.02. The number of nitro benzene ring substituents is 1. The molecule has 4 aromatic rings. The van der Waals surface area contributed by atoms with Gasteiger partial charge in [0.05, 0.1) is 16.6 Å². The van der Waals surface area contributed by atoms with Gasteiger partial charge in [-0.2, -0.15) is 0 Å². The number of non-ortho nitro benzene ring substituents is 1. The van der Waals surface area contributed by atoms with Crippen LogP contribution in [0.5, 0.6) is 0 Å². The number of benzene rings is 2. The molecule has 1 amide bonds. The molecule has 0 radical (unpaired) electrons. The number of likely N-dealkylation sites (tertiary alicyclic amines) is 1. The molecule has 3 heterocycles. The van der Waals surface area contributed by atoms with Crippen molar-refractivity contribution in [3.05, 3.63) is 106 Å². The number of pyridine rings is 1. The summed E-state index contributed by atoms with van der Waals surface area (Å²) in [6.07, 6.45) is 7.09. The van der Waals surface area contributed by atoms with Crippen LogP contribution in [0.15, 0.2) is 79.1 Å². The van der Waals surface area contributed by atoms with Crippen LogP contribution in [-0.2, 0) is 11.3 Å². The van der Waals surface area contributed by atoms with Crippen LogP contribution in [0.3, 0.4) is 0 Å². The SMILES string of the molecule is Cc1nc2cnccc2n1CC1CCN(C(=O)/C=C(/c2ccccc2)c2ccc([N+](=O)[O-])cc2)CC1. The fraction of sp³-hybridized carbons (Fsp3) is 0.250. The molecule has 182 valence electrons. The molecule has 0 aliphatic carbocycles. The number of piperidine rings is 1. The Hall–Kier alpha value is -4.33. The molecular formula is C28H27N5O3. The van der Waals surface area contributed by atoms with Crippen LogP contribution in [0.25, 0.3) is 16.6 Å². The Balaban J connectivity index is 1.31. The maximum Gasteiger partial charge on any atom is 0.269 e. The van der Waals surface area contributed by atoms with Gasteiger partial charge in [-0.05, 0) is 60.6 Å². The second-order valence-electron chi connectivity index (χ2n) is 9.13. The molecule has 0 N–H and O–H groups in total. The number of amides is 1. The first kappa shape index (κ1) is 23.4. The number of aryl methyl sites for hydroxylation is 1. The molecule has 2 aromatic carbocycles. The zero-order chi connectivity index (χ0) is 25.1. The third-order valence-electron chi connectivity index (χ3n) is 6.85. The minimum Gasteiger partial charge on any atom is -0.339 e. The number of aromatic nitrogens is 3. The molecule has 5 rings (SSSR count). The van der Waals surface area contributed by atoms with E-state index in [-0.39, 0.29) is 11.6 Å². The Bertz CT molecular complexity index is 1420. The first-order chi connectivity index (χ1) is 17.5. The highest BCUT2D eigenvalue weighted by molar-refractivity contribution is 5.99. The first-order valence-electron chi connectivity index (χ1n) is 12.1. The quantitative estimate of drug-likeness (QED) is 0.219. The number of imidazole rings is 1. The molecule has 0 unspecified atom stereocenters. The van der Waals surface area contributed by atoms with Crippen molar-refractivity contribution >= 4 is 28.2 Å². The summed E-state index contributed by atoms with van der Waals surface area (Å²) in [4.78, 5) is 34.6. The molecule has 8 heteroatoms. The smallest absolute Gasteiger partial charge is 0.269 e. The summed E-state index contributed by atoms with van der Waals surface area (Å²) in [5.74, 6) is 1.40. The Morgan fingerprint density at radius 1 is 1.06 bits per heavy atom. The summed E-state index contributed by atoms with van der Waals surface area (Å²) in [7, 11) is 0. The standard InChI is InChI=1S/C28H27N5O3/c1-20-30-26-18-29-14-11-27(26)32(20)19-21-12-15-31(16-13-21)28(34)17-25(22-5-3-2-4-6-22)23-7-9-24(10-8-23)33(35)36/h2-11,14,17-18,21H,12-13,15-16,19H2,1H3/b25-17-. The average Bonchev–Trinajstić information content (AvgIpc) is 3.23. The molecule has 1 aliphatic heterocycles. The number of carbonyl (C=O) groups is 1. The molecular weight excluding hydrogens is 454 g/mol. The molecule has 1 aliphatic rings. The molecule has 8 nitrogen and oxygen atoms in total. The van der Waals surface area contributed by atoms with Crippen LogP contribution in [0.4, 0.5) is 5.69 Å². The summed E-state index contributed by atoms with van der Waals surface area (Å²) < 4.78 is 2.25. The summed E-state index contributed by atoms with van der Waals surface area (Å²) in [6, 6.07) is 18.0. The summed E-state index contributed by atoms with van der Waals surface area (Å²) >= 11 is 0. The largest absolute Gasteiger partial charge is 0.339 e. The van der Waals surface area contributed by atoms with Gasteiger partial charge in [0.15, 0.2) is 0 Å². The van der Waals surface area contributed by atoms with Gasteiger partial charge in [0.2, 0.25) is 5.91 Å². The molecule has 1 fully saturated rings. The molecule has 36 heavy (non-hydrogen) atoms. The van der Waals surface area contributed by atoms with E-state index in [0.717, 1.165) is 52.9 Å². The molecule has 0 spiro atoms. The number of carbonyl (C=O) groups excluding carboxylic acids is 1. The minimum absolute atomic E-state index is 0.0248. The lowest BCUT2D eigenvalue weighted by Gasteiger charge is -2.32. The molecule has 0 saturated carbocycles. The lowest BCUT2D eigenvalue weighted by molar-refractivity contribution is -0.384. The second kappa shape index (κ2) is 10.1. The number of nitrogens with zero attached hydrogens (tertiary/aromatic N) is 5. The Morgan fingerprint density at radius 2 is 1.75 bits per heavy atom. The van der Waals surface area contributed by atoms with Crippen LogP contribution in [-0.4, -0.2) is 43.4 Å². The first-order valence-corrected chi connectivity index (χ1v) is 12.1. The zero-order valence-electron chi connectivity index (χ0n) is 20.1. The van der Waals surface area contributed by atoms with Gasteiger partial charge in [0.25, 0.3) is 5.69 Å². The summed E-state index contributed by atoms with van der Waals surface area (Å²) in [5, 5.41) is 11.1. The normalized spacial score (nSPS) is 14.8. The summed E-state index contributed by atoms with van der Waals surface area (Å²) in [6.45, 7) is 4.28. The topological polar surface area (TPSA) is 94.2 Å². The van der Waals surface area contributed by atoms with Gasteiger partial charge in [-0.15, -0.1) is 0 Å². The van der Waals surface area contributed by atoms with Crippen LogP contribution in [0.1, 0.15) is 29.8 Å². The number of rotatable bonds is 6. The molecule has 2 aromatic heterocycles. The van der Waals surface area contributed by atoms with Crippen molar-refractivity contribution in [3.8, 4) is 0 Å². The Morgan fingerprint density at radius 3 is 2.44 bits per heavy atom. The van der Waals surface area contributed by atoms with Crippen LogP contribution in [0, 0.1) is 23.0 Å². The van der Waals surface area contributed by atoms with Crippen LogP contribution < -0.4 is 0 Å². The van der Waals surface area contributed by atoms with Crippen molar-refractivity contribution < 1.29 is 9.72 Å². The van der Waals surface area contributed by atoms with E-state index >= 15 is 0 Å². The maximum atomic E-state index is 13.3. The molecule has 0 atom stereocenters. The van der Waals surface area contributed by atoms with Gasteiger partial charge in [-0.25, -0.2) is 4.98 Å². The average molecular weight is 482 g/mol. The van der Waals surface area contributed by atoms with E-state index in [2.05, 4.69) is 14.5 Å². The van der Waals surface area contributed by atoms with Gasteiger partial charge in [0.1, 0.15) is 11.3 Å². The number of hydrogen-bond acceptors (Lipinski definition) is 5. The van der Waals surface area contributed by atoms with Gasteiger partial charge >= 0.3 is 0 Å². The highest BCUT2D eigenvalue weighted by Gasteiger charge is 2.24. The molecule has 0 bridgehead atoms. The van der Waals surface area contributed by atoms with E-state index in [1.165, 1.54) is 12.1 Å². The lowest BCUT2D eigenvalue weighted by atomic mass is 9.95. The van der Waals surface area contributed by atoms with Gasteiger partial charge in [-0.1, -0.05) is 30.3 Å². The Kier molecular flexibility index (Phi) is 6.58. The number of hydrogen-bond donors (Lipinski definition) is 0. The van der Waals surface area contributed by atoms with Crippen molar-refractivity contribution in [2.24, 2.45) is 5.92 Å². The van der Waals surface area contributed by atoms with Gasteiger partial charge in [0, 0.05) is 44.0 Å². The van der Waals surface area contributed by atoms with Gasteiger partial charge in [-0.3, -0.25) is 19.9 Å². The lowest BCUT2D eigenvalue weighted by Crippen LogP contribution is -2.38. The van der Waals surface area contributed by atoms with E-state index in [1.807, 2.05) is 48.2 Å². The van der Waals surface area contributed by atoms with Crippen molar-refractivity contribution in [2.45, 2.75) is 26.3 Å². The monoisotopic (exact) mass is 481 g/mol. The van der Waals surface area contributed by atoms with E-state index in [4.69, 9.17) is 0 Å². The van der Waals surface area contributed by atoms with Crippen molar-refractivity contribution in [1.82, 2.24) is 19.4 Å². The van der Waals surface area contributed by atoms with Crippen molar-refractivity contribution in [2.75, 3.05) is 13.1 Å². The highest BCUT2D eigenvalue weighted by atomic mass is 16.6. The summed E-state index contributed by atoms with van der Waals surface area (Å²) in [5.41, 5.74) is 4.45. The van der Waals surface area contributed by atoms with Crippen molar-refractivity contribution in [1.29, 1.82) is 0 Å². The Labute approximate surface area is 209 Å².